The summed E-state index contributed by atoms with van der Waals surface area (Å²) in [6, 6.07) is 0. The van der Waals surface area contributed by atoms with Gasteiger partial charge in [-0.15, -0.1) is 0 Å². The molecule has 1 rings (SSSR count). The van der Waals surface area contributed by atoms with Crippen LogP contribution in [0.15, 0.2) is 11.4 Å². The Morgan fingerprint density at radius 2 is 2.33 bits per heavy atom. The molecule has 0 aromatic heterocycles. The minimum Gasteiger partial charge on any atom is -0.371 e. The molecule has 0 aromatic carbocycles. The van der Waals surface area contributed by atoms with Crippen LogP contribution in [0.2, 0.25) is 0 Å². The number of halogens is 1. The van der Waals surface area contributed by atoms with Gasteiger partial charge in [-0.05, 0) is 25.8 Å². The standard InChI is InChI=1S/C7H11FO/c1-5-3-6(2)9-4-7(5)8/h6H,3-4H2,1-2H3. The van der Waals surface area contributed by atoms with Crippen LogP contribution >= 0.6 is 0 Å². The highest BCUT2D eigenvalue weighted by atomic mass is 19.1. The van der Waals surface area contributed by atoms with E-state index in [-0.39, 0.29) is 18.5 Å². The van der Waals surface area contributed by atoms with E-state index in [9.17, 15) is 4.39 Å². The molecule has 1 aliphatic heterocycles. The molecule has 1 unspecified atom stereocenters. The fourth-order valence-corrected chi connectivity index (χ4v) is 0.939. The molecule has 0 spiro atoms. The molecule has 0 fully saturated rings. The predicted octanol–water partition coefficient (Wildman–Crippen LogP) is 2.04. The van der Waals surface area contributed by atoms with E-state index in [1.54, 1.807) is 0 Å². The highest BCUT2D eigenvalue weighted by Gasteiger charge is 2.14. The fourth-order valence-electron chi connectivity index (χ4n) is 0.939. The quantitative estimate of drug-likeness (QED) is 0.487. The van der Waals surface area contributed by atoms with E-state index in [2.05, 4.69) is 0 Å². The van der Waals surface area contributed by atoms with Crippen molar-refractivity contribution in [2.75, 3.05) is 6.61 Å². The Balaban J connectivity index is 2.61. The fraction of sp³-hybridized carbons (Fsp3) is 0.714. The van der Waals surface area contributed by atoms with Gasteiger partial charge in [0, 0.05) is 0 Å². The van der Waals surface area contributed by atoms with Crippen LogP contribution in [0.3, 0.4) is 0 Å². The van der Waals surface area contributed by atoms with E-state index < -0.39 is 0 Å². The van der Waals surface area contributed by atoms with Gasteiger partial charge in [0.05, 0.1) is 12.7 Å². The first-order chi connectivity index (χ1) is 4.20. The van der Waals surface area contributed by atoms with Crippen molar-refractivity contribution in [3.8, 4) is 0 Å². The summed E-state index contributed by atoms with van der Waals surface area (Å²) in [4.78, 5) is 0. The van der Waals surface area contributed by atoms with Crippen LogP contribution in [0.1, 0.15) is 20.3 Å². The second kappa shape index (κ2) is 2.48. The van der Waals surface area contributed by atoms with E-state index in [1.165, 1.54) is 0 Å². The lowest BCUT2D eigenvalue weighted by Gasteiger charge is -2.18. The first-order valence-corrected chi connectivity index (χ1v) is 3.16. The average Bonchev–Trinajstić information content (AvgIpc) is 1.80. The van der Waals surface area contributed by atoms with E-state index in [4.69, 9.17) is 4.74 Å². The smallest absolute Gasteiger partial charge is 0.125 e. The van der Waals surface area contributed by atoms with E-state index in [0.717, 1.165) is 12.0 Å². The molecule has 0 saturated heterocycles. The van der Waals surface area contributed by atoms with Gasteiger partial charge in [-0.1, -0.05) is 0 Å². The van der Waals surface area contributed by atoms with Crippen molar-refractivity contribution >= 4 is 0 Å². The van der Waals surface area contributed by atoms with Crippen LogP contribution in [-0.2, 0) is 4.74 Å². The molecule has 1 nitrogen and oxygen atoms in total. The molecule has 0 saturated carbocycles. The molecule has 0 radical (unpaired) electrons. The molecule has 0 N–H and O–H groups in total. The number of hydrogen-bond acceptors (Lipinski definition) is 1. The topological polar surface area (TPSA) is 9.23 Å². The molecule has 9 heavy (non-hydrogen) atoms. The lowest BCUT2D eigenvalue weighted by Crippen LogP contribution is -2.16. The van der Waals surface area contributed by atoms with Crippen molar-refractivity contribution in [3.63, 3.8) is 0 Å². The zero-order valence-corrected chi connectivity index (χ0v) is 5.78. The molecular formula is C7H11FO. The van der Waals surface area contributed by atoms with Gasteiger partial charge in [-0.25, -0.2) is 4.39 Å². The van der Waals surface area contributed by atoms with Crippen LogP contribution in [0.25, 0.3) is 0 Å². The lowest BCUT2D eigenvalue weighted by molar-refractivity contribution is 0.0595. The van der Waals surface area contributed by atoms with Gasteiger partial charge in [-0.3, -0.25) is 0 Å². The van der Waals surface area contributed by atoms with Crippen molar-refractivity contribution in [1.29, 1.82) is 0 Å². The summed E-state index contributed by atoms with van der Waals surface area (Å²) in [5.74, 6) is -0.0897. The van der Waals surface area contributed by atoms with Gasteiger partial charge in [0.1, 0.15) is 5.83 Å². The molecule has 1 atom stereocenters. The second-order valence-corrected chi connectivity index (χ2v) is 2.51. The third kappa shape index (κ3) is 1.52. The highest BCUT2D eigenvalue weighted by Crippen LogP contribution is 2.19. The van der Waals surface area contributed by atoms with E-state index in [0.29, 0.717) is 0 Å². The van der Waals surface area contributed by atoms with Gasteiger partial charge in [0.15, 0.2) is 0 Å². The van der Waals surface area contributed by atoms with Gasteiger partial charge in [0.2, 0.25) is 0 Å². The van der Waals surface area contributed by atoms with Crippen LogP contribution in [-0.4, -0.2) is 12.7 Å². The minimum atomic E-state index is -0.0897. The van der Waals surface area contributed by atoms with Gasteiger partial charge in [-0.2, -0.15) is 0 Å². The average molecular weight is 130 g/mol. The van der Waals surface area contributed by atoms with Crippen molar-refractivity contribution in [2.24, 2.45) is 0 Å². The zero-order chi connectivity index (χ0) is 6.85. The maximum Gasteiger partial charge on any atom is 0.125 e. The Morgan fingerprint density at radius 3 is 2.78 bits per heavy atom. The number of hydrogen-bond donors (Lipinski definition) is 0. The summed E-state index contributed by atoms with van der Waals surface area (Å²) in [5, 5.41) is 0. The van der Waals surface area contributed by atoms with Crippen molar-refractivity contribution in [3.05, 3.63) is 11.4 Å². The van der Waals surface area contributed by atoms with Crippen molar-refractivity contribution < 1.29 is 9.13 Å². The first kappa shape index (κ1) is 6.75. The minimum absolute atomic E-state index is 0.0897. The molecule has 2 heteroatoms. The summed E-state index contributed by atoms with van der Waals surface area (Å²) in [6.45, 7) is 3.94. The normalized spacial score (nSPS) is 29.0. The Bertz CT molecular complexity index is 140. The maximum atomic E-state index is 12.5. The Labute approximate surface area is 54.5 Å². The Kier molecular flexibility index (Phi) is 1.86. The lowest BCUT2D eigenvalue weighted by atomic mass is 10.1. The SMILES string of the molecule is CC1=C(F)COC(C)C1. The summed E-state index contributed by atoms with van der Waals surface area (Å²) in [6.07, 6.45) is 0.941. The van der Waals surface area contributed by atoms with Crippen molar-refractivity contribution in [1.82, 2.24) is 0 Å². The van der Waals surface area contributed by atoms with Crippen LogP contribution in [0.5, 0.6) is 0 Å². The second-order valence-electron chi connectivity index (χ2n) is 2.51. The van der Waals surface area contributed by atoms with Gasteiger partial charge < -0.3 is 4.74 Å². The Morgan fingerprint density at radius 1 is 1.67 bits per heavy atom. The van der Waals surface area contributed by atoms with Crippen LogP contribution in [0, 0.1) is 0 Å². The summed E-state index contributed by atoms with van der Waals surface area (Å²) in [5.41, 5.74) is 0.841. The molecule has 0 aromatic rings. The largest absolute Gasteiger partial charge is 0.371 e. The zero-order valence-electron chi connectivity index (χ0n) is 5.78. The Hall–Kier alpha value is -0.370. The molecule has 0 bridgehead atoms. The predicted molar refractivity (Wildman–Crippen MR) is 33.8 cm³/mol. The van der Waals surface area contributed by atoms with Crippen molar-refractivity contribution in [2.45, 2.75) is 26.4 Å². The molecular weight excluding hydrogens is 119 g/mol. The van der Waals surface area contributed by atoms with E-state index in [1.807, 2.05) is 13.8 Å². The third-order valence-electron chi connectivity index (χ3n) is 1.55. The van der Waals surface area contributed by atoms with E-state index >= 15 is 0 Å². The van der Waals surface area contributed by atoms with Crippen LogP contribution in [0.4, 0.5) is 4.39 Å². The third-order valence-corrected chi connectivity index (χ3v) is 1.55. The summed E-state index contributed by atoms with van der Waals surface area (Å²) < 4.78 is 17.5. The summed E-state index contributed by atoms with van der Waals surface area (Å²) in [7, 11) is 0. The number of rotatable bonds is 0. The van der Waals surface area contributed by atoms with Crippen LogP contribution < -0.4 is 0 Å². The number of ether oxygens (including phenoxy) is 1. The maximum absolute atomic E-state index is 12.5. The molecule has 1 heterocycles. The first-order valence-electron chi connectivity index (χ1n) is 3.16. The van der Waals surface area contributed by atoms with Gasteiger partial charge >= 0.3 is 0 Å². The molecule has 52 valence electrons. The monoisotopic (exact) mass is 130 g/mol. The molecule has 0 aliphatic carbocycles. The molecule has 1 aliphatic rings. The molecule has 0 amide bonds. The van der Waals surface area contributed by atoms with Gasteiger partial charge in [0.25, 0.3) is 0 Å². The summed E-state index contributed by atoms with van der Waals surface area (Å²) >= 11 is 0. The highest BCUT2D eigenvalue weighted by molar-refractivity contribution is 5.08.